The van der Waals surface area contributed by atoms with Gasteiger partial charge < -0.3 is 19.5 Å². The van der Waals surface area contributed by atoms with Gasteiger partial charge >= 0.3 is 5.97 Å². The minimum absolute atomic E-state index is 0.0483. The lowest BCUT2D eigenvalue weighted by atomic mass is 10.1. The van der Waals surface area contributed by atoms with Crippen LogP contribution in [0.25, 0.3) is 11.0 Å². The van der Waals surface area contributed by atoms with Crippen molar-refractivity contribution in [2.75, 3.05) is 32.1 Å². The molecule has 9 heteroatoms. The molecule has 0 saturated carbocycles. The molecule has 0 spiro atoms. The number of hydrogen-bond donors (Lipinski definition) is 1. The van der Waals surface area contributed by atoms with Gasteiger partial charge in [-0.3, -0.25) is 14.6 Å². The van der Waals surface area contributed by atoms with E-state index in [9.17, 15) is 9.59 Å². The third-order valence-electron chi connectivity index (χ3n) is 4.47. The second-order valence-corrected chi connectivity index (χ2v) is 7.89. The number of carbonyl (C=O) groups excluding carboxylic acids is 2. The Morgan fingerprint density at radius 2 is 1.76 bits per heavy atom. The maximum atomic E-state index is 12.0. The van der Waals surface area contributed by atoms with Crippen molar-refractivity contribution in [3.63, 3.8) is 0 Å². The van der Waals surface area contributed by atoms with Crippen LogP contribution in [0, 0.1) is 0 Å². The van der Waals surface area contributed by atoms with E-state index in [0.29, 0.717) is 42.7 Å². The summed E-state index contributed by atoms with van der Waals surface area (Å²) in [5, 5.41) is 3.38. The fourth-order valence-electron chi connectivity index (χ4n) is 2.98. The zero-order valence-corrected chi connectivity index (χ0v) is 19.5. The molecule has 0 aliphatic carbocycles. The summed E-state index contributed by atoms with van der Waals surface area (Å²) in [5.41, 5.74) is 2.56. The summed E-state index contributed by atoms with van der Waals surface area (Å²) in [5.74, 6) is 0.595. The van der Waals surface area contributed by atoms with E-state index < -0.39 is 5.97 Å². The Balaban J connectivity index is 1.37. The van der Waals surface area contributed by atoms with Crippen molar-refractivity contribution in [2.24, 2.45) is 0 Å². The first-order valence-electron chi connectivity index (χ1n) is 10.7. The molecule has 0 unspecified atom stereocenters. The van der Waals surface area contributed by atoms with Crippen molar-refractivity contribution in [3.05, 3.63) is 54.2 Å². The highest BCUT2D eigenvalue weighted by Gasteiger charge is 2.10. The number of ether oxygens (including phenoxy) is 3. The van der Waals surface area contributed by atoms with Gasteiger partial charge in [0.2, 0.25) is 0 Å². The Morgan fingerprint density at radius 1 is 1.00 bits per heavy atom. The lowest BCUT2D eigenvalue weighted by molar-refractivity contribution is -0.145. The highest BCUT2D eigenvalue weighted by molar-refractivity contribution is 7.99. The molecule has 0 aliphatic heterocycles. The quantitative estimate of drug-likeness (QED) is 0.318. The standard InChI is InChI=1S/C24H27N3O5S/c1-3-30-20-10-9-17(13-21(20)31-4-2)11-12-25-22(28)15-32-24(29)16-33-23-14-26-18-7-5-6-8-19(18)27-23/h5-10,13-14H,3-4,11-12,15-16H2,1-2H3,(H,25,28). The van der Waals surface area contributed by atoms with Crippen LogP contribution in [0.1, 0.15) is 19.4 Å². The van der Waals surface area contributed by atoms with Gasteiger partial charge in [0.25, 0.3) is 5.91 Å². The maximum absolute atomic E-state index is 12.0. The topological polar surface area (TPSA) is 99.6 Å². The monoisotopic (exact) mass is 469 g/mol. The molecule has 2 aromatic carbocycles. The average Bonchev–Trinajstić information content (AvgIpc) is 2.83. The first kappa shape index (κ1) is 24.3. The predicted molar refractivity (Wildman–Crippen MR) is 127 cm³/mol. The van der Waals surface area contributed by atoms with Crippen LogP contribution in [0.3, 0.4) is 0 Å². The summed E-state index contributed by atoms with van der Waals surface area (Å²) in [6.07, 6.45) is 2.23. The number of thioether (sulfide) groups is 1. The summed E-state index contributed by atoms with van der Waals surface area (Å²) < 4.78 is 16.2. The third kappa shape index (κ3) is 7.64. The average molecular weight is 470 g/mol. The lowest BCUT2D eigenvalue weighted by Crippen LogP contribution is -2.30. The predicted octanol–water partition coefficient (Wildman–Crippen LogP) is 3.42. The van der Waals surface area contributed by atoms with Gasteiger partial charge in [-0.1, -0.05) is 30.0 Å². The smallest absolute Gasteiger partial charge is 0.316 e. The molecule has 3 aromatic rings. The van der Waals surface area contributed by atoms with E-state index in [1.54, 1.807) is 6.20 Å². The van der Waals surface area contributed by atoms with E-state index in [0.717, 1.165) is 16.6 Å². The van der Waals surface area contributed by atoms with Crippen molar-refractivity contribution in [1.29, 1.82) is 0 Å². The molecule has 1 aromatic heterocycles. The Morgan fingerprint density at radius 3 is 2.55 bits per heavy atom. The second kappa shape index (κ2) is 12.6. The van der Waals surface area contributed by atoms with Crippen molar-refractivity contribution < 1.29 is 23.8 Å². The van der Waals surface area contributed by atoms with E-state index in [1.165, 1.54) is 11.8 Å². The Bertz CT molecular complexity index is 1090. The van der Waals surface area contributed by atoms with Crippen molar-refractivity contribution in [2.45, 2.75) is 25.3 Å². The van der Waals surface area contributed by atoms with Gasteiger partial charge in [0.15, 0.2) is 18.1 Å². The van der Waals surface area contributed by atoms with Gasteiger partial charge in [-0.15, -0.1) is 0 Å². The third-order valence-corrected chi connectivity index (χ3v) is 5.34. The molecule has 8 nitrogen and oxygen atoms in total. The fraction of sp³-hybridized carbons (Fsp3) is 0.333. The minimum Gasteiger partial charge on any atom is -0.490 e. The molecule has 0 saturated heterocycles. The molecule has 1 amide bonds. The van der Waals surface area contributed by atoms with Crippen LogP contribution in [0.15, 0.2) is 53.7 Å². The number of fused-ring (bicyclic) bond motifs is 1. The van der Waals surface area contributed by atoms with Crippen molar-refractivity contribution in [3.8, 4) is 11.5 Å². The number of carbonyl (C=O) groups is 2. The van der Waals surface area contributed by atoms with Crippen LogP contribution in [-0.2, 0) is 20.7 Å². The van der Waals surface area contributed by atoms with Crippen LogP contribution in [-0.4, -0.2) is 54.0 Å². The van der Waals surface area contributed by atoms with Crippen molar-refractivity contribution in [1.82, 2.24) is 15.3 Å². The largest absolute Gasteiger partial charge is 0.490 e. The highest BCUT2D eigenvalue weighted by Crippen LogP contribution is 2.28. The van der Waals surface area contributed by atoms with Gasteiger partial charge in [0.1, 0.15) is 5.03 Å². The van der Waals surface area contributed by atoms with E-state index in [-0.39, 0.29) is 18.3 Å². The Hall–Kier alpha value is -3.33. The number of nitrogens with zero attached hydrogens (tertiary/aromatic N) is 2. The van der Waals surface area contributed by atoms with Crippen LogP contribution >= 0.6 is 11.8 Å². The maximum Gasteiger partial charge on any atom is 0.316 e. The zero-order chi connectivity index (χ0) is 23.5. The number of rotatable bonds is 12. The van der Waals surface area contributed by atoms with Crippen LogP contribution in [0.4, 0.5) is 0 Å². The van der Waals surface area contributed by atoms with Crippen LogP contribution in [0.5, 0.6) is 11.5 Å². The van der Waals surface area contributed by atoms with Crippen LogP contribution in [0.2, 0.25) is 0 Å². The second-order valence-electron chi connectivity index (χ2n) is 6.89. The summed E-state index contributed by atoms with van der Waals surface area (Å²) in [6.45, 7) is 5.02. The molecule has 1 heterocycles. The first-order valence-corrected chi connectivity index (χ1v) is 11.7. The molecule has 0 aliphatic rings. The SMILES string of the molecule is CCOc1ccc(CCNC(=O)COC(=O)CSc2cnc3ccccc3n2)cc1OCC. The summed E-state index contributed by atoms with van der Waals surface area (Å²) in [7, 11) is 0. The number of esters is 1. The summed E-state index contributed by atoms with van der Waals surface area (Å²) >= 11 is 1.22. The molecule has 0 radical (unpaired) electrons. The highest BCUT2D eigenvalue weighted by atomic mass is 32.2. The zero-order valence-electron chi connectivity index (χ0n) is 18.7. The number of hydrogen-bond acceptors (Lipinski definition) is 8. The number of aromatic nitrogens is 2. The van der Waals surface area contributed by atoms with Gasteiger partial charge in [0, 0.05) is 6.54 Å². The van der Waals surface area contributed by atoms with Crippen molar-refractivity contribution >= 4 is 34.7 Å². The lowest BCUT2D eigenvalue weighted by Gasteiger charge is -2.12. The number of benzene rings is 2. The van der Waals surface area contributed by atoms with E-state index in [4.69, 9.17) is 14.2 Å². The number of nitrogens with one attached hydrogen (secondary N) is 1. The normalized spacial score (nSPS) is 10.6. The molecule has 33 heavy (non-hydrogen) atoms. The molecule has 0 bridgehead atoms. The van der Waals surface area contributed by atoms with Crippen LogP contribution < -0.4 is 14.8 Å². The molecule has 174 valence electrons. The summed E-state index contributed by atoms with van der Waals surface area (Å²) in [4.78, 5) is 32.7. The molecule has 0 atom stereocenters. The first-order chi connectivity index (χ1) is 16.1. The summed E-state index contributed by atoms with van der Waals surface area (Å²) in [6, 6.07) is 13.2. The van der Waals surface area contributed by atoms with Gasteiger partial charge in [-0.05, 0) is 50.1 Å². The Kier molecular flexibility index (Phi) is 9.31. The molecule has 0 fully saturated rings. The van der Waals surface area contributed by atoms with E-state index in [2.05, 4.69) is 15.3 Å². The van der Waals surface area contributed by atoms with Gasteiger partial charge in [-0.2, -0.15) is 0 Å². The van der Waals surface area contributed by atoms with Gasteiger partial charge in [0.05, 0.1) is 36.2 Å². The molecule has 3 rings (SSSR count). The Labute approximate surface area is 197 Å². The van der Waals surface area contributed by atoms with E-state index in [1.807, 2.05) is 56.3 Å². The number of para-hydroxylation sites is 2. The molecular formula is C24H27N3O5S. The van der Waals surface area contributed by atoms with E-state index >= 15 is 0 Å². The number of amides is 1. The molecule has 1 N–H and O–H groups in total. The fourth-order valence-corrected chi connectivity index (χ4v) is 3.62. The molecular weight excluding hydrogens is 442 g/mol. The minimum atomic E-state index is -0.488. The van der Waals surface area contributed by atoms with Gasteiger partial charge in [-0.25, -0.2) is 4.98 Å².